The average molecular weight is 353 g/mol. The molecule has 0 spiro atoms. The smallest absolute Gasteiger partial charge is 0.214 e. The maximum absolute atomic E-state index is 6.08. The minimum Gasteiger partial charge on any atom is -0.488 e. The van der Waals surface area contributed by atoms with Crippen molar-refractivity contribution in [2.24, 2.45) is 0 Å². The Kier molecular flexibility index (Phi) is 4.77. The van der Waals surface area contributed by atoms with Crippen LogP contribution in [0.3, 0.4) is 0 Å². The van der Waals surface area contributed by atoms with Gasteiger partial charge >= 0.3 is 0 Å². The second-order valence-corrected chi connectivity index (χ2v) is 6.34. The second kappa shape index (κ2) is 6.95. The molecule has 2 heterocycles. The fourth-order valence-electron chi connectivity index (χ4n) is 1.90. The van der Waals surface area contributed by atoms with E-state index in [0.717, 1.165) is 11.3 Å². The Morgan fingerprint density at radius 1 is 1.41 bits per heavy atom. The molecule has 0 radical (unpaired) electrons. The topological polar surface area (TPSA) is 54.9 Å². The van der Waals surface area contributed by atoms with E-state index in [-0.39, 0.29) is 0 Å². The van der Waals surface area contributed by atoms with Crippen molar-refractivity contribution in [1.82, 2.24) is 14.9 Å². The van der Waals surface area contributed by atoms with Gasteiger partial charge in [0.15, 0.2) is 0 Å². The minimum atomic E-state index is 0.503. The Labute approximate surface area is 141 Å². The lowest BCUT2D eigenvalue weighted by Gasteiger charge is -2.13. The predicted molar refractivity (Wildman–Crippen MR) is 90.6 cm³/mol. The molecule has 22 heavy (non-hydrogen) atoms. The SMILES string of the molecule is S=c1[nH]ncn1NCc1cc(Cl)ccc1OCc1cccs1. The van der Waals surface area contributed by atoms with Gasteiger partial charge in [-0.2, -0.15) is 5.10 Å². The summed E-state index contributed by atoms with van der Waals surface area (Å²) in [7, 11) is 0. The summed E-state index contributed by atoms with van der Waals surface area (Å²) in [4.78, 5) is 1.17. The number of aromatic nitrogens is 3. The fraction of sp³-hybridized carbons (Fsp3) is 0.143. The van der Waals surface area contributed by atoms with E-state index in [1.807, 2.05) is 35.7 Å². The molecule has 0 aliphatic carbocycles. The van der Waals surface area contributed by atoms with Crippen molar-refractivity contribution in [2.75, 3.05) is 5.43 Å². The highest BCUT2D eigenvalue weighted by molar-refractivity contribution is 7.71. The summed E-state index contributed by atoms with van der Waals surface area (Å²) in [6.45, 7) is 1.06. The number of rotatable bonds is 6. The van der Waals surface area contributed by atoms with E-state index < -0.39 is 0 Å². The zero-order valence-corrected chi connectivity index (χ0v) is 13.8. The number of ether oxygens (including phenoxy) is 1. The molecule has 0 aliphatic heterocycles. The van der Waals surface area contributed by atoms with Crippen molar-refractivity contribution in [3.8, 4) is 5.75 Å². The number of hydrogen-bond acceptors (Lipinski definition) is 5. The summed E-state index contributed by atoms with van der Waals surface area (Å²) in [5.41, 5.74) is 4.10. The lowest BCUT2D eigenvalue weighted by molar-refractivity contribution is 0.306. The molecule has 0 unspecified atom stereocenters. The summed E-state index contributed by atoms with van der Waals surface area (Å²) in [5, 5.41) is 9.24. The van der Waals surface area contributed by atoms with E-state index in [2.05, 4.69) is 15.6 Å². The first-order valence-electron chi connectivity index (χ1n) is 6.52. The van der Waals surface area contributed by atoms with Gasteiger partial charge in [-0.05, 0) is 41.9 Å². The Hall–Kier alpha value is -1.83. The van der Waals surface area contributed by atoms with Crippen molar-refractivity contribution >= 4 is 35.2 Å². The van der Waals surface area contributed by atoms with Gasteiger partial charge in [-0.15, -0.1) is 11.3 Å². The Morgan fingerprint density at radius 2 is 2.32 bits per heavy atom. The highest BCUT2D eigenvalue weighted by atomic mass is 35.5. The van der Waals surface area contributed by atoms with Gasteiger partial charge in [0.05, 0.1) is 6.54 Å². The molecule has 2 aromatic heterocycles. The zero-order chi connectivity index (χ0) is 15.4. The number of thiophene rings is 1. The number of benzene rings is 1. The van der Waals surface area contributed by atoms with Crippen LogP contribution >= 0.6 is 35.2 Å². The molecule has 0 amide bonds. The average Bonchev–Trinajstić information content (AvgIpc) is 3.16. The van der Waals surface area contributed by atoms with Crippen LogP contribution in [0.2, 0.25) is 5.02 Å². The van der Waals surface area contributed by atoms with E-state index in [1.165, 1.54) is 4.88 Å². The number of nitrogens with zero attached hydrogens (tertiary/aromatic N) is 2. The monoisotopic (exact) mass is 352 g/mol. The third-order valence-electron chi connectivity index (χ3n) is 2.96. The number of halogens is 1. The molecule has 3 aromatic rings. The highest BCUT2D eigenvalue weighted by Crippen LogP contribution is 2.24. The fourth-order valence-corrected chi connectivity index (χ4v) is 2.88. The molecule has 1 aromatic carbocycles. The standard InChI is InChI=1S/C14H13ClN4OS2/c15-11-3-4-13(20-8-12-2-1-5-22-12)10(6-11)7-17-19-9-16-18-14(19)21/h1-6,9,17H,7-8H2,(H,18,21). The molecule has 114 valence electrons. The van der Waals surface area contributed by atoms with Crippen molar-refractivity contribution in [3.05, 3.63) is 62.3 Å². The van der Waals surface area contributed by atoms with Gasteiger partial charge in [-0.3, -0.25) is 5.10 Å². The van der Waals surface area contributed by atoms with Crippen molar-refractivity contribution in [3.63, 3.8) is 0 Å². The van der Waals surface area contributed by atoms with Gasteiger partial charge in [0.25, 0.3) is 0 Å². The number of nitrogens with one attached hydrogen (secondary N) is 2. The third-order valence-corrected chi connectivity index (χ3v) is 4.34. The van der Waals surface area contributed by atoms with Gasteiger partial charge in [0.2, 0.25) is 4.77 Å². The van der Waals surface area contributed by atoms with E-state index >= 15 is 0 Å². The highest BCUT2D eigenvalue weighted by Gasteiger charge is 2.06. The van der Waals surface area contributed by atoms with Crippen LogP contribution in [0, 0.1) is 4.77 Å². The molecule has 0 atom stereocenters. The van der Waals surface area contributed by atoms with E-state index in [9.17, 15) is 0 Å². The normalized spacial score (nSPS) is 10.6. The van der Waals surface area contributed by atoms with Crippen LogP contribution in [0.5, 0.6) is 5.75 Å². The van der Waals surface area contributed by atoms with Crippen molar-refractivity contribution < 1.29 is 4.74 Å². The lowest BCUT2D eigenvalue weighted by atomic mass is 10.2. The quantitative estimate of drug-likeness (QED) is 0.659. The van der Waals surface area contributed by atoms with Crippen molar-refractivity contribution in [2.45, 2.75) is 13.2 Å². The first-order valence-corrected chi connectivity index (χ1v) is 8.18. The van der Waals surface area contributed by atoms with E-state index in [1.54, 1.807) is 22.3 Å². The molecule has 0 aliphatic rings. The number of H-pyrrole nitrogens is 1. The lowest BCUT2D eigenvalue weighted by Crippen LogP contribution is -2.14. The van der Waals surface area contributed by atoms with Crippen LogP contribution < -0.4 is 10.2 Å². The Bertz CT molecular complexity index is 797. The van der Waals surface area contributed by atoms with E-state index in [4.69, 9.17) is 28.6 Å². The van der Waals surface area contributed by atoms with Crippen molar-refractivity contribution in [1.29, 1.82) is 0 Å². The molecule has 0 saturated carbocycles. The van der Waals surface area contributed by atoms with Crippen LogP contribution in [-0.4, -0.2) is 14.9 Å². The summed E-state index contributed by atoms with van der Waals surface area (Å²) in [5.74, 6) is 0.792. The molecule has 0 fully saturated rings. The summed E-state index contributed by atoms with van der Waals surface area (Å²) >= 11 is 12.8. The predicted octanol–water partition coefficient (Wildman–Crippen LogP) is 3.98. The summed E-state index contributed by atoms with van der Waals surface area (Å²) in [6, 6.07) is 9.62. The third kappa shape index (κ3) is 3.68. The van der Waals surface area contributed by atoms with Gasteiger partial charge in [-0.25, -0.2) is 4.68 Å². The molecule has 0 bridgehead atoms. The maximum Gasteiger partial charge on any atom is 0.214 e. The summed E-state index contributed by atoms with van der Waals surface area (Å²) in [6.07, 6.45) is 1.58. The van der Waals surface area contributed by atoms with Gasteiger partial charge in [0, 0.05) is 15.5 Å². The number of hydrogen-bond donors (Lipinski definition) is 2. The Balaban J connectivity index is 1.72. The van der Waals surface area contributed by atoms with Crippen LogP contribution in [0.15, 0.2) is 42.0 Å². The molecule has 3 rings (SSSR count). The Morgan fingerprint density at radius 3 is 3.05 bits per heavy atom. The zero-order valence-electron chi connectivity index (χ0n) is 11.5. The number of aromatic amines is 1. The second-order valence-electron chi connectivity index (χ2n) is 4.49. The van der Waals surface area contributed by atoms with E-state index in [0.29, 0.717) is 22.9 Å². The maximum atomic E-state index is 6.08. The first-order chi connectivity index (χ1) is 10.7. The molecular formula is C14H13ClN4OS2. The molecule has 2 N–H and O–H groups in total. The molecule has 5 nitrogen and oxygen atoms in total. The molecular weight excluding hydrogens is 340 g/mol. The van der Waals surface area contributed by atoms with Crippen LogP contribution in [0.4, 0.5) is 0 Å². The van der Waals surface area contributed by atoms with Gasteiger partial charge in [0.1, 0.15) is 18.7 Å². The van der Waals surface area contributed by atoms with Gasteiger partial charge < -0.3 is 10.2 Å². The van der Waals surface area contributed by atoms with Gasteiger partial charge in [-0.1, -0.05) is 17.7 Å². The van der Waals surface area contributed by atoms with Crippen LogP contribution in [0.1, 0.15) is 10.4 Å². The molecule has 8 heteroatoms. The summed E-state index contributed by atoms with van der Waals surface area (Å²) < 4.78 is 8.03. The first kappa shape index (κ1) is 15.1. The minimum absolute atomic E-state index is 0.503. The largest absolute Gasteiger partial charge is 0.488 e. The van der Waals surface area contributed by atoms with Crippen LogP contribution in [0.25, 0.3) is 0 Å². The molecule has 0 saturated heterocycles. The van der Waals surface area contributed by atoms with Crippen LogP contribution in [-0.2, 0) is 13.2 Å².